The number of aryl methyl sites for hydroxylation is 1. The van der Waals surface area contributed by atoms with E-state index in [2.05, 4.69) is 10.2 Å². The molecular formula is C12H15N3O2S. The zero-order valence-corrected chi connectivity index (χ0v) is 10.9. The van der Waals surface area contributed by atoms with Gasteiger partial charge in [-0.2, -0.15) is 0 Å². The summed E-state index contributed by atoms with van der Waals surface area (Å²) < 4.78 is 10.8. The molecule has 96 valence electrons. The van der Waals surface area contributed by atoms with Crippen LogP contribution in [0.25, 0.3) is 0 Å². The van der Waals surface area contributed by atoms with E-state index < -0.39 is 0 Å². The van der Waals surface area contributed by atoms with Crippen LogP contribution in [-0.4, -0.2) is 22.6 Å². The third-order valence-corrected chi connectivity index (χ3v) is 3.08. The van der Waals surface area contributed by atoms with Crippen LogP contribution in [0.3, 0.4) is 0 Å². The molecule has 18 heavy (non-hydrogen) atoms. The van der Waals surface area contributed by atoms with Crippen LogP contribution < -0.4 is 10.5 Å². The Morgan fingerprint density at radius 1 is 1.28 bits per heavy atom. The number of nitrogens with two attached hydrogens (primary N) is 1. The van der Waals surface area contributed by atoms with Crippen molar-refractivity contribution in [2.45, 2.75) is 18.6 Å². The number of rotatable bonds is 6. The number of nitrogen functional groups attached to an aromatic ring is 1. The molecule has 6 heteroatoms. The lowest BCUT2D eigenvalue weighted by Crippen LogP contribution is -1.98. The molecule has 1 aromatic carbocycles. The second-order valence-corrected chi connectivity index (χ2v) is 4.75. The van der Waals surface area contributed by atoms with Crippen LogP contribution in [0.15, 0.2) is 33.9 Å². The van der Waals surface area contributed by atoms with Gasteiger partial charge in [0.25, 0.3) is 5.22 Å². The van der Waals surface area contributed by atoms with Gasteiger partial charge >= 0.3 is 0 Å². The molecule has 2 aromatic rings. The van der Waals surface area contributed by atoms with Gasteiger partial charge in [0.1, 0.15) is 5.75 Å². The van der Waals surface area contributed by atoms with E-state index in [1.807, 2.05) is 24.3 Å². The molecule has 0 bridgehead atoms. The first-order chi connectivity index (χ1) is 8.74. The van der Waals surface area contributed by atoms with E-state index in [4.69, 9.17) is 14.9 Å². The fourth-order valence-electron chi connectivity index (χ4n) is 1.31. The average Bonchev–Trinajstić information content (AvgIpc) is 2.77. The van der Waals surface area contributed by atoms with Gasteiger partial charge in [0, 0.05) is 18.4 Å². The Bertz CT molecular complexity index is 484. The quantitative estimate of drug-likeness (QED) is 0.491. The van der Waals surface area contributed by atoms with Gasteiger partial charge in [-0.05, 0) is 30.7 Å². The maximum Gasteiger partial charge on any atom is 0.276 e. The normalized spacial score (nSPS) is 10.5. The molecule has 0 aliphatic rings. The maximum atomic E-state index is 5.59. The highest BCUT2D eigenvalue weighted by Gasteiger charge is 2.02. The van der Waals surface area contributed by atoms with Gasteiger partial charge in [0.15, 0.2) is 0 Å². The largest absolute Gasteiger partial charge is 0.494 e. The number of anilines is 1. The third-order valence-electron chi connectivity index (χ3n) is 2.17. The highest BCUT2D eigenvalue weighted by molar-refractivity contribution is 7.99. The standard InChI is InChI=1S/C12H15N3O2S/c1-9-14-15-12(17-9)18-8-2-7-16-11-5-3-10(13)4-6-11/h3-6H,2,7-8,13H2,1H3. The lowest BCUT2D eigenvalue weighted by Gasteiger charge is -2.05. The summed E-state index contributed by atoms with van der Waals surface area (Å²) in [5.74, 6) is 2.31. The lowest BCUT2D eigenvalue weighted by molar-refractivity contribution is 0.318. The maximum absolute atomic E-state index is 5.59. The van der Waals surface area contributed by atoms with Crippen molar-refractivity contribution in [1.82, 2.24) is 10.2 Å². The molecule has 0 atom stereocenters. The van der Waals surface area contributed by atoms with Crippen molar-refractivity contribution in [3.63, 3.8) is 0 Å². The van der Waals surface area contributed by atoms with Crippen LogP contribution in [0.1, 0.15) is 12.3 Å². The second kappa shape index (κ2) is 6.30. The summed E-state index contributed by atoms with van der Waals surface area (Å²) in [6, 6.07) is 7.38. The molecule has 0 aliphatic heterocycles. The monoisotopic (exact) mass is 265 g/mol. The van der Waals surface area contributed by atoms with Crippen LogP contribution in [0.4, 0.5) is 5.69 Å². The van der Waals surface area contributed by atoms with Crippen LogP contribution >= 0.6 is 11.8 Å². The number of thioether (sulfide) groups is 1. The van der Waals surface area contributed by atoms with Gasteiger partial charge in [-0.25, -0.2) is 0 Å². The Balaban J connectivity index is 1.63. The summed E-state index contributed by atoms with van der Waals surface area (Å²) in [4.78, 5) is 0. The predicted octanol–water partition coefficient (Wildman–Crippen LogP) is 2.52. The fourth-order valence-corrected chi connectivity index (χ4v) is 2.02. The number of hydrogen-bond acceptors (Lipinski definition) is 6. The topological polar surface area (TPSA) is 74.2 Å². The molecule has 1 heterocycles. The van der Waals surface area contributed by atoms with E-state index in [9.17, 15) is 0 Å². The Kier molecular flexibility index (Phi) is 4.46. The molecule has 0 aliphatic carbocycles. The highest BCUT2D eigenvalue weighted by atomic mass is 32.2. The van der Waals surface area contributed by atoms with Crippen LogP contribution in [0.2, 0.25) is 0 Å². The average molecular weight is 265 g/mol. The molecule has 0 radical (unpaired) electrons. The van der Waals surface area contributed by atoms with E-state index in [1.54, 1.807) is 6.92 Å². The summed E-state index contributed by atoms with van der Waals surface area (Å²) in [5.41, 5.74) is 6.33. The van der Waals surface area contributed by atoms with Crippen molar-refractivity contribution in [3.05, 3.63) is 30.2 Å². The van der Waals surface area contributed by atoms with Crippen molar-refractivity contribution in [2.24, 2.45) is 0 Å². The highest BCUT2D eigenvalue weighted by Crippen LogP contribution is 2.17. The molecule has 0 saturated carbocycles. The van der Waals surface area contributed by atoms with Crippen molar-refractivity contribution in [2.75, 3.05) is 18.1 Å². The Labute approximate surface area is 110 Å². The Morgan fingerprint density at radius 2 is 2.06 bits per heavy atom. The zero-order chi connectivity index (χ0) is 12.8. The summed E-state index contributed by atoms with van der Waals surface area (Å²) >= 11 is 1.54. The minimum absolute atomic E-state index is 0.593. The third kappa shape index (κ3) is 3.96. The van der Waals surface area contributed by atoms with Gasteiger partial charge in [-0.3, -0.25) is 0 Å². The van der Waals surface area contributed by atoms with Gasteiger partial charge in [-0.15, -0.1) is 10.2 Å². The summed E-state index contributed by atoms with van der Waals surface area (Å²) in [5, 5.41) is 8.27. The molecule has 0 fully saturated rings. The molecule has 5 nitrogen and oxygen atoms in total. The number of nitrogens with zero attached hydrogens (tertiary/aromatic N) is 2. The molecule has 1 aromatic heterocycles. The first-order valence-electron chi connectivity index (χ1n) is 5.65. The van der Waals surface area contributed by atoms with E-state index in [0.29, 0.717) is 17.7 Å². The number of hydrogen-bond donors (Lipinski definition) is 1. The van der Waals surface area contributed by atoms with Gasteiger partial charge in [0.05, 0.1) is 6.61 Å². The molecule has 2 rings (SSSR count). The molecule has 0 amide bonds. The first kappa shape index (κ1) is 12.8. The summed E-state index contributed by atoms with van der Waals surface area (Å²) in [6.45, 7) is 2.44. The smallest absolute Gasteiger partial charge is 0.276 e. The van der Waals surface area contributed by atoms with Gasteiger partial charge in [0.2, 0.25) is 5.89 Å². The molecular weight excluding hydrogens is 250 g/mol. The fraction of sp³-hybridized carbons (Fsp3) is 0.333. The summed E-state index contributed by atoms with van der Waals surface area (Å²) in [7, 11) is 0. The van der Waals surface area contributed by atoms with E-state index in [0.717, 1.165) is 23.6 Å². The molecule has 0 saturated heterocycles. The van der Waals surface area contributed by atoms with Crippen LogP contribution in [0.5, 0.6) is 5.75 Å². The van der Waals surface area contributed by atoms with Gasteiger partial charge in [-0.1, -0.05) is 11.8 Å². The number of ether oxygens (including phenoxy) is 1. The van der Waals surface area contributed by atoms with Crippen molar-refractivity contribution in [3.8, 4) is 5.75 Å². The van der Waals surface area contributed by atoms with Crippen LogP contribution in [0, 0.1) is 6.92 Å². The van der Waals surface area contributed by atoms with E-state index in [1.165, 1.54) is 11.8 Å². The lowest BCUT2D eigenvalue weighted by atomic mass is 10.3. The van der Waals surface area contributed by atoms with Crippen molar-refractivity contribution in [1.29, 1.82) is 0 Å². The second-order valence-electron chi connectivity index (χ2n) is 3.71. The van der Waals surface area contributed by atoms with E-state index >= 15 is 0 Å². The SMILES string of the molecule is Cc1nnc(SCCCOc2ccc(N)cc2)o1. The Hall–Kier alpha value is -1.69. The van der Waals surface area contributed by atoms with Crippen molar-refractivity contribution < 1.29 is 9.15 Å². The minimum atomic E-state index is 0.593. The number of benzene rings is 1. The van der Waals surface area contributed by atoms with Crippen molar-refractivity contribution >= 4 is 17.4 Å². The predicted molar refractivity (Wildman–Crippen MR) is 70.7 cm³/mol. The summed E-state index contributed by atoms with van der Waals surface area (Å²) in [6.07, 6.45) is 0.913. The van der Waals surface area contributed by atoms with Crippen LogP contribution in [-0.2, 0) is 0 Å². The molecule has 0 spiro atoms. The van der Waals surface area contributed by atoms with Gasteiger partial charge < -0.3 is 14.9 Å². The van der Waals surface area contributed by atoms with E-state index in [-0.39, 0.29) is 0 Å². The first-order valence-corrected chi connectivity index (χ1v) is 6.64. The molecule has 2 N–H and O–H groups in total. The minimum Gasteiger partial charge on any atom is -0.494 e. The number of aromatic nitrogens is 2. The zero-order valence-electron chi connectivity index (χ0n) is 10.1. The molecule has 0 unspecified atom stereocenters. The Morgan fingerprint density at radius 3 is 2.72 bits per heavy atom.